The Balaban J connectivity index is 2.38. The molecule has 1 saturated heterocycles. The van der Waals surface area contributed by atoms with E-state index in [0.29, 0.717) is 18.4 Å². The average molecular weight is 234 g/mol. The van der Waals surface area contributed by atoms with Crippen molar-refractivity contribution in [2.24, 2.45) is 5.92 Å². The Morgan fingerprint density at radius 1 is 1.60 bits per heavy atom. The van der Waals surface area contributed by atoms with Crippen LogP contribution in [0.4, 0.5) is 0 Å². The maximum atomic E-state index is 11.8. The van der Waals surface area contributed by atoms with E-state index in [1.54, 1.807) is 0 Å². The van der Waals surface area contributed by atoms with Crippen LogP contribution in [0.2, 0.25) is 0 Å². The zero-order chi connectivity index (χ0) is 11.3. The molecule has 1 fully saturated rings. The molecule has 2 unspecified atom stereocenters. The molecule has 1 rings (SSSR count). The van der Waals surface area contributed by atoms with E-state index < -0.39 is 0 Å². The SMILES string of the molecule is CC(C)C(CCCl)NC(=O)C1CCCO1. The van der Waals surface area contributed by atoms with E-state index in [1.807, 2.05) is 0 Å². The van der Waals surface area contributed by atoms with E-state index in [9.17, 15) is 4.79 Å². The molecule has 2 atom stereocenters. The molecule has 0 aliphatic carbocycles. The molecule has 1 N–H and O–H groups in total. The van der Waals surface area contributed by atoms with Crippen molar-refractivity contribution in [1.29, 1.82) is 0 Å². The van der Waals surface area contributed by atoms with Gasteiger partial charge in [0.25, 0.3) is 0 Å². The fraction of sp³-hybridized carbons (Fsp3) is 0.909. The van der Waals surface area contributed by atoms with Gasteiger partial charge < -0.3 is 10.1 Å². The lowest BCUT2D eigenvalue weighted by Gasteiger charge is -2.23. The highest BCUT2D eigenvalue weighted by Crippen LogP contribution is 2.14. The van der Waals surface area contributed by atoms with Crippen LogP contribution in [-0.4, -0.2) is 30.5 Å². The molecule has 0 radical (unpaired) electrons. The minimum absolute atomic E-state index is 0.0244. The molecule has 1 amide bonds. The number of nitrogens with one attached hydrogen (secondary N) is 1. The van der Waals surface area contributed by atoms with Crippen molar-refractivity contribution in [3.63, 3.8) is 0 Å². The molecule has 4 heteroatoms. The minimum Gasteiger partial charge on any atom is -0.368 e. The molecule has 0 saturated carbocycles. The molecule has 3 nitrogen and oxygen atoms in total. The van der Waals surface area contributed by atoms with Crippen LogP contribution in [0.3, 0.4) is 0 Å². The van der Waals surface area contributed by atoms with E-state index in [0.717, 1.165) is 19.3 Å². The maximum Gasteiger partial charge on any atom is 0.249 e. The number of halogens is 1. The Labute approximate surface area is 96.5 Å². The van der Waals surface area contributed by atoms with Crippen LogP contribution in [0.25, 0.3) is 0 Å². The van der Waals surface area contributed by atoms with Crippen molar-refractivity contribution >= 4 is 17.5 Å². The monoisotopic (exact) mass is 233 g/mol. The van der Waals surface area contributed by atoms with E-state index in [-0.39, 0.29) is 18.1 Å². The van der Waals surface area contributed by atoms with Crippen molar-refractivity contribution in [3.8, 4) is 0 Å². The van der Waals surface area contributed by atoms with Crippen LogP contribution < -0.4 is 5.32 Å². The van der Waals surface area contributed by atoms with E-state index in [2.05, 4.69) is 19.2 Å². The standard InChI is InChI=1S/C11H20ClNO2/c1-8(2)9(5-6-12)13-11(14)10-4-3-7-15-10/h8-10H,3-7H2,1-2H3,(H,13,14). The first-order valence-electron chi connectivity index (χ1n) is 5.63. The van der Waals surface area contributed by atoms with Gasteiger partial charge in [-0.05, 0) is 25.2 Å². The van der Waals surface area contributed by atoms with Crippen LogP contribution in [-0.2, 0) is 9.53 Å². The molecule has 0 aromatic heterocycles. The van der Waals surface area contributed by atoms with E-state index in [4.69, 9.17) is 16.3 Å². The number of alkyl halides is 1. The summed E-state index contributed by atoms with van der Waals surface area (Å²) in [7, 11) is 0. The first kappa shape index (κ1) is 12.8. The van der Waals surface area contributed by atoms with Gasteiger partial charge in [-0.3, -0.25) is 4.79 Å². The smallest absolute Gasteiger partial charge is 0.249 e. The molecular weight excluding hydrogens is 214 g/mol. The van der Waals surface area contributed by atoms with Crippen molar-refractivity contribution in [3.05, 3.63) is 0 Å². The summed E-state index contributed by atoms with van der Waals surface area (Å²) >= 11 is 5.70. The van der Waals surface area contributed by atoms with Crippen LogP contribution >= 0.6 is 11.6 Å². The Bertz CT molecular complexity index is 203. The molecule has 0 bridgehead atoms. The Kier molecular flexibility index (Phi) is 5.40. The Morgan fingerprint density at radius 2 is 2.33 bits per heavy atom. The lowest BCUT2D eigenvalue weighted by atomic mass is 10.0. The van der Waals surface area contributed by atoms with Crippen LogP contribution in [0.15, 0.2) is 0 Å². The number of hydrogen-bond donors (Lipinski definition) is 1. The highest BCUT2D eigenvalue weighted by molar-refractivity contribution is 6.17. The van der Waals surface area contributed by atoms with Gasteiger partial charge in [0.2, 0.25) is 5.91 Å². The highest BCUT2D eigenvalue weighted by Gasteiger charge is 2.26. The van der Waals surface area contributed by atoms with Gasteiger partial charge in [0.1, 0.15) is 6.10 Å². The Hall–Kier alpha value is -0.280. The zero-order valence-corrected chi connectivity index (χ0v) is 10.2. The molecule has 15 heavy (non-hydrogen) atoms. The molecule has 88 valence electrons. The average Bonchev–Trinajstić information content (AvgIpc) is 2.69. The maximum absolute atomic E-state index is 11.8. The summed E-state index contributed by atoms with van der Waals surface area (Å²) in [6.07, 6.45) is 2.41. The number of carbonyl (C=O) groups is 1. The van der Waals surface area contributed by atoms with Gasteiger partial charge in [-0.15, -0.1) is 11.6 Å². The van der Waals surface area contributed by atoms with Crippen molar-refractivity contribution in [2.75, 3.05) is 12.5 Å². The van der Waals surface area contributed by atoms with Crippen LogP contribution in [0.5, 0.6) is 0 Å². The first-order chi connectivity index (χ1) is 7.15. The van der Waals surface area contributed by atoms with E-state index in [1.165, 1.54) is 0 Å². The summed E-state index contributed by atoms with van der Waals surface area (Å²) in [6, 6.07) is 0.166. The molecule has 1 aliphatic rings. The van der Waals surface area contributed by atoms with Gasteiger partial charge in [-0.25, -0.2) is 0 Å². The van der Waals surface area contributed by atoms with Gasteiger partial charge in [0.05, 0.1) is 0 Å². The summed E-state index contributed by atoms with van der Waals surface area (Å²) in [4.78, 5) is 11.8. The van der Waals surface area contributed by atoms with Crippen molar-refractivity contribution in [1.82, 2.24) is 5.32 Å². The first-order valence-corrected chi connectivity index (χ1v) is 6.16. The van der Waals surface area contributed by atoms with E-state index >= 15 is 0 Å². The van der Waals surface area contributed by atoms with Gasteiger partial charge in [-0.1, -0.05) is 13.8 Å². The summed E-state index contributed by atoms with van der Waals surface area (Å²) in [6.45, 7) is 4.89. The number of ether oxygens (including phenoxy) is 1. The second-order valence-electron chi connectivity index (χ2n) is 4.34. The quantitative estimate of drug-likeness (QED) is 0.737. The second-order valence-corrected chi connectivity index (χ2v) is 4.72. The van der Waals surface area contributed by atoms with Gasteiger partial charge in [-0.2, -0.15) is 0 Å². The molecule has 0 aromatic rings. The third kappa shape index (κ3) is 3.99. The molecule has 1 aliphatic heterocycles. The summed E-state index contributed by atoms with van der Waals surface area (Å²) < 4.78 is 5.33. The number of rotatable bonds is 5. The molecule has 1 heterocycles. The lowest BCUT2D eigenvalue weighted by Crippen LogP contribution is -2.43. The second kappa shape index (κ2) is 6.33. The van der Waals surface area contributed by atoms with Crippen LogP contribution in [0, 0.1) is 5.92 Å². The fourth-order valence-electron chi connectivity index (χ4n) is 1.75. The lowest BCUT2D eigenvalue weighted by molar-refractivity contribution is -0.131. The molecule has 0 aromatic carbocycles. The summed E-state index contributed by atoms with van der Waals surface area (Å²) in [5, 5.41) is 3.01. The normalized spacial score (nSPS) is 23.1. The number of carbonyl (C=O) groups excluding carboxylic acids is 1. The van der Waals surface area contributed by atoms with Gasteiger partial charge in [0.15, 0.2) is 0 Å². The predicted molar refractivity (Wildman–Crippen MR) is 61.1 cm³/mol. The number of amides is 1. The number of hydrogen-bond acceptors (Lipinski definition) is 2. The molecular formula is C11H20ClNO2. The predicted octanol–water partition coefficient (Wildman–Crippen LogP) is 1.94. The molecule has 0 spiro atoms. The fourth-order valence-corrected chi connectivity index (χ4v) is 1.98. The van der Waals surface area contributed by atoms with Crippen molar-refractivity contribution in [2.45, 2.75) is 45.3 Å². The third-order valence-electron chi connectivity index (χ3n) is 2.77. The van der Waals surface area contributed by atoms with Gasteiger partial charge in [0, 0.05) is 18.5 Å². The third-order valence-corrected chi connectivity index (χ3v) is 2.99. The zero-order valence-electron chi connectivity index (χ0n) is 9.46. The highest BCUT2D eigenvalue weighted by atomic mass is 35.5. The minimum atomic E-state index is -0.235. The van der Waals surface area contributed by atoms with Crippen molar-refractivity contribution < 1.29 is 9.53 Å². The summed E-state index contributed by atoms with van der Waals surface area (Å²) in [5.74, 6) is 1.01. The largest absolute Gasteiger partial charge is 0.368 e. The van der Waals surface area contributed by atoms with Crippen LogP contribution in [0.1, 0.15) is 33.1 Å². The summed E-state index contributed by atoms with van der Waals surface area (Å²) in [5.41, 5.74) is 0. The topological polar surface area (TPSA) is 38.3 Å². The Morgan fingerprint density at radius 3 is 2.80 bits per heavy atom. The van der Waals surface area contributed by atoms with Gasteiger partial charge >= 0.3 is 0 Å².